The quantitative estimate of drug-likeness (QED) is 0.870. The van der Waals surface area contributed by atoms with Gasteiger partial charge in [-0.15, -0.1) is 11.3 Å². The Labute approximate surface area is 120 Å². The van der Waals surface area contributed by atoms with Crippen LogP contribution in [0.4, 0.5) is 0 Å². The Kier molecular flexibility index (Phi) is 5.36. The zero-order valence-electron chi connectivity index (χ0n) is 12.2. The van der Waals surface area contributed by atoms with Gasteiger partial charge in [-0.3, -0.25) is 9.80 Å². The summed E-state index contributed by atoms with van der Waals surface area (Å²) in [5, 5.41) is 11.6. The van der Waals surface area contributed by atoms with E-state index in [4.69, 9.17) is 0 Å². The second kappa shape index (κ2) is 6.81. The Morgan fingerprint density at radius 1 is 1.42 bits per heavy atom. The summed E-state index contributed by atoms with van der Waals surface area (Å²) in [6.45, 7) is 5.38. The number of aliphatic hydroxyl groups excluding tert-OH is 1. The molecule has 1 N–H and O–H groups in total. The highest BCUT2D eigenvalue weighted by Gasteiger charge is 2.23. The van der Waals surface area contributed by atoms with Crippen LogP contribution in [0.1, 0.15) is 10.4 Å². The van der Waals surface area contributed by atoms with Crippen molar-refractivity contribution in [3.8, 4) is 0 Å². The summed E-state index contributed by atoms with van der Waals surface area (Å²) >= 11 is 1.85. The molecule has 4 nitrogen and oxygen atoms in total. The molecule has 1 unspecified atom stereocenters. The lowest BCUT2D eigenvalue weighted by Crippen LogP contribution is -2.52. The zero-order chi connectivity index (χ0) is 13.8. The first kappa shape index (κ1) is 14.9. The molecule has 5 heteroatoms. The van der Waals surface area contributed by atoms with Crippen molar-refractivity contribution in [2.24, 2.45) is 0 Å². The Bertz CT molecular complexity index is 394. The Hall–Kier alpha value is -0.460. The van der Waals surface area contributed by atoms with Gasteiger partial charge in [-0.25, -0.2) is 0 Å². The second-order valence-electron chi connectivity index (χ2n) is 5.71. The highest BCUT2D eigenvalue weighted by molar-refractivity contribution is 7.10. The number of aliphatic hydroxyl groups is 1. The van der Waals surface area contributed by atoms with Crippen LogP contribution in [0.2, 0.25) is 0 Å². The van der Waals surface area contributed by atoms with Gasteiger partial charge >= 0.3 is 0 Å². The fourth-order valence-electron chi connectivity index (χ4n) is 2.53. The fourth-order valence-corrected chi connectivity index (χ4v) is 3.45. The minimum Gasteiger partial charge on any atom is -0.395 e. The van der Waals surface area contributed by atoms with Gasteiger partial charge in [0, 0.05) is 43.6 Å². The minimum absolute atomic E-state index is 0.253. The van der Waals surface area contributed by atoms with Crippen LogP contribution in [0.5, 0.6) is 0 Å². The maximum absolute atomic E-state index is 9.38. The lowest BCUT2D eigenvalue weighted by atomic mass is 10.2. The Morgan fingerprint density at radius 3 is 2.89 bits per heavy atom. The number of thiophene rings is 1. The van der Waals surface area contributed by atoms with Gasteiger partial charge in [0.25, 0.3) is 0 Å². The molecule has 0 amide bonds. The van der Waals surface area contributed by atoms with Crippen molar-refractivity contribution < 1.29 is 5.11 Å². The van der Waals surface area contributed by atoms with Crippen LogP contribution in [-0.2, 0) is 13.1 Å². The topological polar surface area (TPSA) is 30.0 Å². The third-order valence-electron chi connectivity index (χ3n) is 3.66. The molecule has 0 aliphatic carbocycles. The SMILES string of the molecule is CN(C)Cc1csc(CN2CCN(C)C(CO)C2)c1. The van der Waals surface area contributed by atoms with Crippen molar-refractivity contribution >= 4 is 11.3 Å². The molecule has 2 rings (SSSR count). The summed E-state index contributed by atoms with van der Waals surface area (Å²) in [6.07, 6.45) is 0. The standard InChI is InChI=1S/C14H25N3OS/c1-15(2)7-12-6-14(19-11-12)9-17-5-4-16(3)13(8-17)10-18/h6,11,13,18H,4-5,7-10H2,1-3H3. The van der Waals surface area contributed by atoms with E-state index >= 15 is 0 Å². The second-order valence-corrected chi connectivity index (χ2v) is 6.71. The van der Waals surface area contributed by atoms with E-state index in [1.54, 1.807) is 0 Å². The van der Waals surface area contributed by atoms with Crippen LogP contribution in [-0.4, -0.2) is 73.2 Å². The summed E-state index contributed by atoms with van der Waals surface area (Å²) in [4.78, 5) is 8.33. The molecule has 2 heterocycles. The van der Waals surface area contributed by atoms with Gasteiger partial charge < -0.3 is 10.0 Å². The van der Waals surface area contributed by atoms with Gasteiger partial charge in [0.1, 0.15) is 0 Å². The normalized spacial score (nSPS) is 22.3. The van der Waals surface area contributed by atoms with Crippen LogP contribution < -0.4 is 0 Å². The van der Waals surface area contributed by atoms with E-state index < -0.39 is 0 Å². The number of rotatable bonds is 5. The first-order valence-corrected chi connectivity index (χ1v) is 7.71. The zero-order valence-corrected chi connectivity index (χ0v) is 13.0. The smallest absolute Gasteiger partial charge is 0.0599 e. The molecule has 0 bridgehead atoms. The molecule has 1 fully saturated rings. The molecule has 0 spiro atoms. The highest BCUT2D eigenvalue weighted by atomic mass is 32.1. The van der Waals surface area contributed by atoms with Crippen molar-refractivity contribution in [2.75, 3.05) is 47.4 Å². The fraction of sp³-hybridized carbons (Fsp3) is 0.714. The van der Waals surface area contributed by atoms with E-state index in [2.05, 4.69) is 47.3 Å². The minimum atomic E-state index is 0.253. The van der Waals surface area contributed by atoms with E-state index in [0.29, 0.717) is 0 Å². The van der Waals surface area contributed by atoms with E-state index in [0.717, 1.165) is 32.7 Å². The summed E-state index contributed by atoms with van der Waals surface area (Å²) < 4.78 is 0. The van der Waals surface area contributed by atoms with Gasteiger partial charge in [0.15, 0.2) is 0 Å². The highest BCUT2D eigenvalue weighted by Crippen LogP contribution is 2.19. The number of nitrogens with zero attached hydrogens (tertiary/aromatic N) is 3. The summed E-state index contributed by atoms with van der Waals surface area (Å²) in [6, 6.07) is 2.60. The lowest BCUT2D eigenvalue weighted by molar-refractivity contribution is 0.0544. The van der Waals surface area contributed by atoms with Crippen molar-refractivity contribution in [1.82, 2.24) is 14.7 Å². The van der Waals surface area contributed by atoms with Crippen LogP contribution in [0.15, 0.2) is 11.4 Å². The summed E-state index contributed by atoms with van der Waals surface area (Å²) in [7, 11) is 6.30. The molecule has 1 aliphatic rings. The largest absolute Gasteiger partial charge is 0.395 e. The average Bonchev–Trinajstić information content (AvgIpc) is 2.78. The van der Waals surface area contributed by atoms with Crippen molar-refractivity contribution in [2.45, 2.75) is 19.1 Å². The van der Waals surface area contributed by atoms with Crippen molar-refractivity contribution in [3.05, 3.63) is 21.9 Å². The van der Waals surface area contributed by atoms with Crippen LogP contribution in [0, 0.1) is 0 Å². The van der Waals surface area contributed by atoms with Gasteiger partial charge in [-0.05, 0) is 38.2 Å². The first-order chi connectivity index (χ1) is 9.08. The molecule has 1 atom stereocenters. The van der Waals surface area contributed by atoms with E-state index in [1.165, 1.54) is 10.4 Å². The molecular formula is C14H25N3OS. The van der Waals surface area contributed by atoms with Gasteiger partial charge in [0.2, 0.25) is 0 Å². The maximum atomic E-state index is 9.38. The number of hydrogen-bond acceptors (Lipinski definition) is 5. The maximum Gasteiger partial charge on any atom is 0.0599 e. The molecule has 0 saturated carbocycles. The molecule has 0 aromatic carbocycles. The molecule has 19 heavy (non-hydrogen) atoms. The predicted molar refractivity (Wildman–Crippen MR) is 80.5 cm³/mol. The molecule has 1 saturated heterocycles. The Balaban J connectivity index is 1.88. The third-order valence-corrected chi connectivity index (χ3v) is 4.63. The van der Waals surface area contributed by atoms with Crippen LogP contribution >= 0.6 is 11.3 Å². The molecular weight excluding hydrogens is 258 g/mol. The van der Waals surface area contributed by atoms with Crippen LogP contribution in [0.3, 0.4) is 0 Å². The predicted octanol–water partition coefficient (Wildman–Crippen LogP) is 0.918. The van der Waals surface area contributed by atoms with E-state index in [-0.39, 0.29) is 12.6 Å². The number of likely N-dealkylation sites (N-methyl/N-ethyl adjacent to an activating group) is 1. The number of hydrogen-bond donors (Lipinski definition) is 1. The van der Waals surface area contributed by atoms with Crippen molar-refractivity contribution in [3.63, 3.8) is 0 Å². The van der Waals surface area contributed by atoms with E-state index in [1.807, 2.05) is 11.3 Å². The lowest BCUT2D eigenvalue weighted by Gasteiger charge is -2.38. The van der Waals surface area contributed by atoms with E-state index in [9.17, 15) is 5.11 Å². The monoisotopic (exact) mass is 283 g/mol. The van der Waals surface area contributed by atoms with Gasteiger partial charge in [-0.2, -0.15) is 0 Å². The molecule has 1 aromatic rings. The summed E-state index contributed by atoms with van der Waals surface area (Å²) in [5.74, 6) is 0. The first-order valence-electron chi connectivity index (χ1n) is 6.83. The van der Waals surface area contributed by atoms with Gasteiger partial charge in [0.05, 0.1) is 6.61 Å². The number of piperazine rings is 1. The average molecular weight is 283 g/mol. The molecule has 1 aromatic heterocycles. The Morgan fingerprint density at radius 2 is 2.21 bits per heavy atom. The molecule has 0 radical (unpaired) electrons. The van der Waals surface area contributed by atoms with Crippen LogP contribution in [0.25, 0.3) is 0 Å². The molecule has 108 valence electrons. The van der Waals surface area contributed by atoms with Gasteiger partial charge in [-0.1, -0.05) is 0 Å². The summed E-state index contributed by atoms with van der Waals surface area (Å²) in [5.41, 5.74) is 1.40. The van der Waals surface area contributed by atoms with Crippen molar-refractivity contribution in [1.29, 1.82) is 0 Å². The molecule has 1 aliphatic heterocycles. The third kappa shape index (κ3) is 4.26.